The highest BCUT2D eigenvalue weighted by molar-refractivity contribution is 5.93. The quantitative estimate of drug-likeness (QED) is 0.812. The number of halogens is 1. The number of rotatable bonds is 4. The van der Waals surface area contributed by atoms with Crippen LogP contribution in [-0.4, -0.2) is 17.1 Å². The van der Waals surface area contributed by atoms with Crippen LogP contribution in [0.2, 0.25) is 0 Å². The first-order valence-corrected chi connectivity index (χ1v) is 7.01. The van der Waals surface area contributed by atoms with Crippen LogP contribution in [0.15, 0.2) is 29.2 Å². The van der Waals surface area contributed by atoms with E-state index in [4.69, 9.17) is 4.74 Å². The fourth-order valence-electron chi connectivity index (χ4n) is 2.24. The van der Waals surface area contributed by atoms with Crippen molar-refractivity contribution in [3.63, 3.8) is 0 Å². The van der Waals surface area contributed by atoms with E-state index in [1.807, 2.05) is 18.4 Å². The summed E-state index contributed by atoms with van der Waals surface area (Å²) in [7, 11) is 0. The molecule has 1 unspecified atom stereocenters. The number of carbonyl (C=O) groups excluding carboxylic acids is 1. The first-order chi connectivity index (χ1) is 9.99. The van der Waals surface area contributed by atoms with Gasteiger partial charge in [-0.25, -0.2) is 9.18 Å². The minimum atomic E-state index is -0.675. The van der Waals surface area contributed by atoms with Crippen LogP contribution in [0.4, 0.5) is 4.39 Å². The number of hydrogen-bond acceptors (Lipinski definition) is 3. The lowest BCUT2D eigenvalue weighted by molar-refractivity contribution is 0.0524. The zero-order valence-corrected chi connectivity index (χ0v) is 12.4. The summed E-state index contributed by atoms with van der Waals surface area (Å²) in [6.07, 6.45) is 2.33. The molecule has 0 aliphatic rings. The SMILES string of the molecule is CCOC(=O)c1cn(C(C)CC)c2ccc(F)cc2c1=O. The molecule has 0 saturated carbocycles. The molecular formula is C16H18FNO3. The summed E-state index contributed by atoms with van der Waals surface area (Å²) < 4.78 is 20.2. The average molecular weight is 291 g/mol. The molecule has 2 aromatic rings. The van der Waals surface area contributed by atoms with E-state index in [2.05, 4.69) is 0 Å². The average Bonchev–Trinajstić information content (AvgIpc) is 2.47. The first-order valence-electron chi connectivity index (χ1n) is 7.01. The number of benzene rings is 1. The Hall–Kier alpha value is -2.17. The van der Waals surface area contributed by atoms with Gasteiger partial charge in [-0.15, -0.1) is 0 Å². The topological polar surface area (TPSA) is 48.3 Å². The van der Waals surface area contributed by atoms with Crippen molar-refractivity contribution in [1.82, 2.24) is 4.57 Å². The molecular weight excluding hydrogens is 273 g/mol. The van der Waals surface area contributed by atoms with E-state index >= 15 is 0 Å². The summed E-state index contributed by atoms with van der Waals surface area (Å²) in [5.74, 6) is -1.18. The van der Waals surface area contributed by atoms with Gasteiger partial charge in [0.2, 0.25) is 5.43 Å². The van der Waals surface area contributed by atoms with Crippen LogP contribution >= 0.6 is 0 Å². The molecule has 0 N–H and O–H groups in total. The maximum atomic E-state index is 13.4. The molecule has 0 radical (unpaired) electrons. The molecule has 0 fully saturated rings. The molecule has 1 atom stereocenters. The normalized spacial score (nSPS) is 12.4. The van der Waals surface area contributed by atoms with Crippen LogP contribution in [0.5, 0.6) is 0 Å². The van der Waals surface area contributed by atoms with Crippen LogP contribution in [-0.2, 0) is 4.74 Å². The maximum absolute atomic E-state index is 13.4. The van der Waals surface area contributed by atoms with Crippen LogP contribution in [0, 0.1) is 5.82 Å². The smallest absolute Gasteiger partial charge is 0.343 e. The Morgan fingerprint density at radius 2 is 2.10 bits per heavy atom. The summed E-state index contributed by atoms with van der Waals surface area (Å²) in [6, 6.07) is 4.11. The van der Waals surface area contributed by atoms with Crippen LogP contribution in [0.3, 0.4) is 0 Å². The summed E-state index contributed by atoms with van der Waals surface area (Å²) in [4.78, 5) is 24.3. The summed E-state index contributed by atoms with van der Waals surface area (Å²) in [5, 5.41) is 0.195. The first kappa shape index (κ1) is 15.2. The molecule has 1 aromatic carbocycles. The number of fused-ring (bicyclic) bond motifs is 1. The lowest BCUT2D eigenvalue weighted by Crippen LogP contribution is -2.22. The van der Waals surface area contributed by atoms with Crippen molar-refractivity contribution in [2.45, 2.75) is 33.2 Å². The zero-order chi connectivity index (χ0) is 15.6. The summed E-state index contributed by atoms with van der Waals surface area (Å²) >= 11 is 0. The Morgan fingerprint density at radius 1 is 1.38 bits per heavy atom. The number of pyridine rings is 1. The molecule has 0 aliphatic heterocycles. The molecule has 0 bridgehead atoms. The highest BCUT2D eigenvalue weighted by Gasteiger charge is 2.18. The van der Waals surface area contributed by atoms with Gasteiger partial charge in [-0.1, -0.05) is 6.92 Å². The molecule has 2 rings (SSSR count). The largest absolute Gasteiger partial charge is 0.462 e. The van der Waals surface area contributed by atoms with Gasteiger partial charge in [-0.2, -0.15) is 0 Å². The van der Waals surface area contributed by atoms with Gasteiger partial charge in [0, 0.05) is 17.6 Å². The molecule has 0 spiro atoms. The van der Waals surface area contributed by atoms with Crippen molar-refractivity contribution >= 4 is 16.9 Å². The van der Waals surface area contributed by atoms with E-state index < -0.39 is 17.2 Å². The monoisotopic (exact) mass is 291 g/mol. The number of aromatic nitrogens is 1. The van der Waals surface area contributed by atoms with Crippen molar-refractivity contribution in [1.29, 1.82) is 0 Å². The zero-order valence-electron chi connectivity index (χ0n) is 12.4. The molecule has 112 valence electrons. The van der Waals surface area contributed by atoms with Gasteiger partial charge < -0.3 is 9.30 Å². The summed E-state index contributed by atoms with van der Waals surface area (Å²) in [5.41, 5.74) is 0.0570. The number of ether oxygens (including phenoxy) is 1. The second-order valence-corrected chi connectivity index (χ2v) is 4.92. The molecule has 0 saturated heterocycles. The van der Waals surface area contributed by atoms with E-state index in [-0.39, 0.29) is 23.6 Å². The van der Waals surface area contributed by atoms with Gasteiger partial charge in [-0.3, -0.25) is 4.79 Å². The van der Waals surface area contributed by atoms with Gasteiger partial charge in [0.15, 0.2) is 0 Å². The fourth-order valence-corrected chi connectivity index (χ4v) is 2.24. The standard InChI is InChI=1S/C16H18FNO3/c1-4-10(3)18-9-13(16(20)21-5-2)15(19)12-8-11(17)6-7-14(12)18/h6-10H,4-5H2,1-3H3. The van der Waals surface area contributed by atoms with Crippen molar-refractivity contribution < 1.29 is 13.9 Å². The minimum Gasteiger partial charge on any atom is -0.462 e. The second-order valence-electron chi connectivity index (χ2n) is 4.92. The van der Waals surface area contributed by atoms with E-state index in [1.165, 1.54) is 18.3 Å². The van der Waals surface area contributed by atoms with Crippen molar-refractivity contribution in [3.05, 3.63) is 46.0 Å². The molecule has 0 amide bonds. The Labute approximate surface area is 122 Å². The molecule has 0 aliphatic carbocycles. The van der Waals surface area contributed by atoms with E-state index in [1.54, 1.807) is 13.0 Å². The van der Waals surface area contributed by atoms with Gasteiger partial charge in [-0.05, 0) is 38.5 Å². The van der Waals surface area contributed by atoms with Crippen LogP contribution in [0.1, 0.15) is 43.6 Å². The molecule has 1 aromatic heterocycles. The molecule has 5 heteroatoms. The van der Waals surface area contributed by atoms with Crippen molar-refractivity contribution in [2.75, 3.05) is 6.61 Å². The van der Waals surface area contributed by atoms with Crippen LogP contribution in [0.25, 0.3) is 10.9 Å². The molecule has 1 heterocycles. The maximum Gasteiger partial charge on any atom is 0.343 e. The Balaban J connectivity index is 2.79. The van der Waals surface area contributed by atoms with E-state index in [0.29, 0.717) is 5.52 Å². The van der Waals surface area contributed by atoms with E-state index in [9.17, 15) is 14.0 Å². The predicted molar refractivity (Wildman–Crippen MR) is 79.1 cm³/mol. The minimum absolute atomic E-state index is 0.0600. The third-order valence-electron chi connectivity index (χ3n) is 3.56. The summed E-state index contributed by atoms with van der Waals surface area (Å²) in [6.45, 7) is 5.83. The predicted octanol–water partition coefficient (Wildman–Crippen LogP) is 3.29. The second kappa shape index (κ2) is 6.08. The van der Waals surface area contributed by atoms with Crippen molar-refractivity contribution in [3.8, 4) is 0 Å². The fraction of sp³-hybridized carbons (Fsp3) is 0.375. The van der Waals surface area contributed by atoms with Crippen LogP contribution < -0.4 is 5.43 Å². The number of esters is 1. The van der Waals surface area contributed by atoms with E-state index in [0.717, 1.165) is 6.42 Å². The van der Waals surface area contributed by atoms with Gasteiger partial charge >= 0.3 is 5.97 Å². The van der Waals surface area contributed by atoms with Crippen molar-refractivity contribution in [2.24, 2.45) is 0 Å². The molecule has 4 nitrogen and oxygen atoms in total. The molecule has 21 heavy (non-hydrogen) atoms. The Kier molecular flexibility index (Phi) is 4.40. The lowest BCUT2D eigenvalue weighted by Gasteiger charge is -2.18. The van der Waals surface area contributed by atoms with Gasteiger partial charge in [0.05, 0.1) is 12.1 Å². The number of hydrogen-bond donors (Lipinski definition) is 0. The third-order valence-corrected chi connectivity index (χ3v) is 3.56. The number of nitrogens with zero attached hydrogens (tertiary/aromatic N) is 1. The highest BCUT2D eigenvalue weighted by atomic mass is 19.1. The number of carbonyl (C=O) groups is 1. The Morgan fingerprint density at radius 3 is 2.71 bits per heavy atom. The van der Waals surface area contributed by atoms with Gasteiger partial charge in [0.1, 0.15) is 11.4 Å². The Bertz CT molecular complexity index is 736. The lowest BCUT2D eigenvalue weighted by atomic mass is 10.1. The highest BCUT2D eigenvalue weighted by Crippen LogP contribution is 2.20. The third kappa shape index (κ3) is 2.82. The van der Waals surface area contributed by atoms with Gasteiger partial charge in [0.25, 0.3) is 0 Å².